The Kier molecular flexibility index (Phi) is 5.25. The third kappa shape index (κ3) is 3.86. The van der Waals surface area contributed by atoms with Crippen LogP contribution in [0.3, 0.4) is 0 Å². The highest BCUT2D eigenvalue weighted by Gasteiger charge is 2.34. The fourth-order valence-corrected chi connectivity index (χ4v) is 2.42. The minimum absolute atomic E-state index is 0.0860. The number of benzene rings is 1. The molecule has 1 unspecified atom stereocenters. The Balaban J connectivity index is 1.74. The van der Waals surface area contributed by atoms with E-state index in [-0.39, 0.29) is 17.8 Å². The molecule has 1 heterocycles. The summed E-state index contributed by atoms with van der Waals surface area (Å²) in [4.78, 5) is 13.4. The molecular weight excluding hydrogens is 281 g/mol. The number of amides is 1. The summed E-state index contributed by atoms with van der Waals surface area (Å²) in [6, 6.07) is 5.80. The van der Waals surface area contributed by atoms with Gasteiger partial charge in [-0.2, -0.15) is 11.8 Å². The van der Waals surface area contributed by atoms with E-state index in [9.17, 15) is 14.3 Å². The van der Waals surface area contributed by atoms with Gasteiger partial charge in [-0.05, 0) is 42.7 Å². The molecule has 1 saturated heterocycles. The number of hydrogen-bond acceptors (Lipinski definition) is 4. The number of ether oxygens (including phenoxy) is 1. The summed E-state index contributed by atoms with van der Waals surface area (Å²) >= 11 is 1.60. The van der Waals surface area contributed by atoms with E-state index in [0.29, 0.717) is 25.3 Å². The lowest BCUT2D eigenvalue weighted by Crippen LogP contribution is -2.58. The first-order valence-corrected chi connectivity index (χ1v) is 7.87. The van der Waals surface area contributed by atoms with Crippen LogP contribution in [0.1, 0.15) is 6.42 Å². The molecule has 1 aromatic carbocycles. The van der Waals surface area contributed by atoms with E-state index >= 15 is 0 Å². The van der Waals surface area contributed by atoms with Crippen molar-refractivity contribution in [1.82, 2.24) is 4.90 Å². The van der Waals surface area contributed by atoms with Crippen LogP contribution < -0.4 is 4.74 Å². The first-order valence-electron chi connectivity index (χ1n) is 6.48. The van der Waals surface area contributed by atoms with Crippen molar-refractivity contribution >= 4 is 17.7 Å². The largest absolute Gasteiger partial charge is 0.487 e. The van der Waals surface area contributed by atoms with Crippen LogP contribution in [0.2, 0.25) is 0 Å². The average Bonchev–Trinajstić information content (AvgIpc) is 2.41. The Morgan fingerprint density at radius 3 is 2.75 bits per heavy atom. The maximum absolute atomic E-state index is 12.7. The number of aliphatic hydroxyl groups excluding tert-OH is 1. The van der Waals surface area contributed by atoms with Crippen molar-refractivity contribution in [1.29, 1.82) is 0 Å². The van der Waals surface area contributed by atoms with Crippen molar-refractivity contribution in [3.63, 3.8) is 0 Å². The van der Waals surface area contributed by atoms with Crippen LogP contribution in [0.25, 0.3) is 0 Å². The summed E-state index contributed by atoms with van der Waals surface area (Å²) in [5.41, 5.74) is 0. The first kappa shape index (κ1) is 15.1. The second-order valence-corrected chi connectivity index (χ2v) is 5.72. The zero-order chi connectivity index (χ0) is 14.5. The minimum Gasteiger partial charge on any atom is -0.487 e. The van der Waals surface area contributed by atoms with Gasteiger partial charge in [-0.25, -0.2) is 4.39 Å². The van der Waals surface area contributed by atoms with Crippen LogP contribution >= 0.6 is 11.8 Å². The highest BCUT2D eigenvalue weighted by atomic mass is 32.2. The zero-order valence-electron chi connectivity index (χ0n) is 11.3. The molecule has 0 aliphatic carbocycles. The Morgan fingerprint density at radius 2 is 2.15 bits per heavy atom. The van der Waals surface area contributed by atoms with Crippen molar-refractivity contribution in [2.24, 2.45) is 0 Å². The summed E-state index contributed by atoms with van der Waals surface area (Å²) in [5, 5.41) is 9.70. The molecule has 20 heavy (non-hydrogen) atoms. The number of thioether (sulfide) groups is 1. The van der Waals surface area contributed by atoms with Gasteiger partial charge >= 0.3 is 0 Å². The molecule has 0 aromatic heterocycles. The molecule has 2 rings (SSSR count). The van der Waals surface area contributed by atoms with Crippen LogP contribution in [-0.4, -0.2) is 53.2 Å². The van der Waals surface area contributed by atoms with E-state index < -0.39 is 6.10 Å². The monoisotopic (exact) mass is 299 g/mol. The molecule has 0 radical (unpaired) electrons. The molecule has 0 spiro atoms. The zero-order valence-corrected chi connectivity index (χ0v) is 12.1. The lowest BCUT2D eigenvalue weighted by atomic mass is 10.1. The van der Waals surface area contributed by atoms with Gasteiger partial charge in [-0.15, -0.1) is 0 Å². The Hall–Kier alpha value is -1.27. The average molecular weight is 299 g/mol. The lowest BCUT2D eigenvalue weighted by Gasteiger charge is -2.39. The summed E-state index contributed by atoms with van der Waals surface area (Å²) < 4.78 is 18.3. The molecule has 0 saturated carbocycles. The normalized spacial score (nSPS) is 16.6. The second-order valence-electron chi connectivity index (χ2n) is 4.73. The van der Waals surface area contributed by atoms with Gasteiger partial charge in [-0.3, -0.25) is 4.79 Å². The molecule has 4 nitrogen and oxygen atoms in total. The van der Waals surface area contributed by atoms with Crippen LogP contribution in [0.4, 0.5) is 4.39 Å². The minimum atomic E-state index is -0.922. The third-order valence-electron chi connectivity index (χ3n) is 3.16. The summed E-state index contributed by atoms with van der Waals surface area (Å²) in [6.07, 6.45) is 1.40. The van der Waals surface area contributed by atoms with Crippen LogP contribution in [0, 0.1) is 5.82 Å². The van der Waals surface area contributed by atoms with Gasteiger partial charge in [0.05, 0.1) is 13.1 Å². The number of rotatable bonds is 6. The maximum atomic E-state index is 12.7. The van der Waals surface area contributed by atoms with Crippen LogP contribution in [-0.2, 0) is 4.79 Å². The molecule has 1 amide bonds. The molecule has 110 valence electrons. The Bertz CT molecular complexity index is 448. The molecule has 1 aliphatic rings. The van der Waals surface area contributed by atoms with Gasteiger partial charge in [0, 0.05) is 0 Å². The van der Waals surface area contributed by atoms with E-state index in [1.807, 2.05) is 6.26 Å². The number of halogens is 1. The van der Waals surface area contributed by atoms with E-state index in [0.717, 1.165) is 5.75 Å². The number of aliphatic hydroxyl groups is 1. The summed E-state index contributed by atoms with van der Waals surface area (Å²) in [5.74, 6) is 0.806. The number of carbonyl (C=O) groups is 1. The molecule has 6 heteroatoms. The predicted octanol–water partition coefficient (Wildman–Crippen LogP) is 1.53. The van der Waals surface area contributed by atoms with Crippen LogP contribution in [0.5, 0.6) is 5.75 Å². The number of likely N-dealkylation sites (tertiary alicyclic amines) is 1. The van der Waals surface area contributed by atoms with E-state index in [1.165, 1.54) is 12.1 Å². The lowest BCUT2D eigenvalue weighted by molar-refractivity contribution is -0.149. The smallest absolute Gasteiger partial charge is 0.251 e. The molecule has 1 fully saturated rings. The molecule has 1 aliphatic heterocycles. The van der Waals surface area contributed by atoms with Crippen molar-refractivity contribution in [2.45, 2.75) is 18.6 Å². The summed E-state index contributed by atoms with van der Waals surface area (Å²) in [7, 11) is 0. The Morgan fingerprint density at radius 1 is 1.50 bits per heavy atom. The van der Waals surface area contributed by atoms with E-state index in [4.69, 9.17) is 4.74 Å². The second kappa shape index (κ2) is 6.95. The number of carbonyl (C=O) groups excluding carboxylic acids is 1. The highest BCUT2D eigenvalue weighted by Crippen LogP contribution is 2.19. The predicted molar refractivity (Wildman–Crippen MR) is 76.4 cm³/mol. The molecule has 0 bridgehead atoms. The van der Waals surface area contributed by atoms with Crippen molar-refractivity contribution in [3.8, 4) is 5.75 Å². The topological polar surface area (TPSA) is 49.8 Å². The number of hydrogen-bond donors (Lipinski definition) is 1. The fourth-order valence-electron chi connectivity index (χ4n) is 1.96. The van der Waals surface area contributed by atoms with Gasteiger partial charge in [0.15, 0.2) is 0 Å². The number of nitrogens with zero attached hydrogens (tertiary/aromatic N) is 1. The first-order chi connectivity index (χ1) is 9.60. The maximum Gasteiger partial charge on any atom is 0.251 e. The summed E-state index contributed by atoms with van der Waals surface area (Å²) in [6.45, 7) is 0.930. The SMILES string of the molecule is CSCCC(O)C(=O)N1CC(Oc2ccc(F)cc2)C1. The van der Waals surface area contributed by atoms with Gasteiger partial charge in [-0.1, -0.05) is 0 Å². The van der Waals surface area contributed by atoms with Gasteiger partial charge < -0.3 is 14.7 Å². The molecule has 1 N–H and O–H groups in total. The van der Waals surface area contributed by atoms with Crippen molar-refractivity contribution in [2.75, 3.05) is 25.1 Å². The van der Waals surface area contributed by atoms with Crippen molar-refractivity contribution < 1.29 is 19.0 Å². The van der Waals surface area contributed by atoms with E-state index in [1.54, 1.807) is 28.8 Å². The van der Waals surface area contributed by atoms with Gasteiger partial charge in [0.1, 0.15) is 23.8 Å². The fraction of sp³-hybridized carbons (Fsp3) is 0.500. The standard InChI is InChI=1S/C14H18FNO3S/c1-20-7-6-13(17)14(18)16-8-12(9-16)19-11-4-2-10(15)3-5-11/h2-5,12-13,17H,6-9H2,1H3. The molecular formula is C14H18FNO3S. The molecule has 1 aromatic rings. The Labute approximate surface area is 121 Å². The van der Waals surface area contributed by atoms with E-state index in [2.05, 4.69) is 0 Å². The van der Waals surface area contributed by atoms with Gasteiger partial charge in [0.2, 0.25) is 0 Å². The molecule has 1 atom stereocenters. The van der Waals surface area contributed by atoms with Gasteiger partial charge in [0.25, 0.3) is 5.91 Å². The quantitative estimate of drug-likeness (QED) is 0.865. The van der Waals surface area contributed by atoms with Crippen LogP contribution in [0.15, 0.2) is 24.3 Å². The highest BCUT2D eigenvalue weighted by molar-refractivity contribution is 7.98. The third-order valence-corrected chi connectivity index (χ3v) is 3.80. The van der Waals surface area contributed by atoms with Crippen molar-refractivity contribution in [3.05, 3.63) is 30.1 Å².